The van der Waals surface area contributed by atoms with Crippen LogP contribution < -0.4 is 5.32 Å². The molecule has 1 N–H and O–H groups in total. The summed E-state index contributed by atoms with van der Waals surface area (Å²) in [5.41, 5.74) is 1.52. The van der Waals surface area contributed by atoms with Gasteiger partial charge in [0.15, 0.2) is 0 Å². The number of halogens is 3. The molecule has 16 heavy (non-hydrogen) atoms. The van der Waals surface area contributed by atoms with Gasteiger partial charge in [0, 0.05) is 5.39 Å². The third-order valence-corrected chi connectivity index (χ3v) is 3.44. The van der Waals surface area contributed by atoms with Crippen LogP contribution in [0, 0.1) is 0 Å². The molecule has 0 saturated carbocycles. The van der Waals surface area contributed by atoms with E-state index < -0.39 is 0 Å². The summed E-state index contributed by atoms with van der Waals surface area (Å²) in [5.74, 6) is 0. The van der Waals surface area contributed by atoms with Crippen LogP contribution in [0.3, 0.4) is 0 Å². The predicted octanol–water partition coefficient (Wildman–Crippen LogP) is 4.80. The minimum atomic E-state index is 0.296. The van der Waals surface area contributed by atoms with Crippen molar-refractivity contribution in [3.8, 4) is 0 Å². The molecule has 80 valence electrons. The number of nitrogens with one attached hydrogen (secondary N) is 1. The van der Waals surface area contributed by atoms with E-state index in [0.717, 1.165) is 16.5 Å². The number of anilines is 1. The quantitative estimate of drug-likeness (QED) is 0.684. The summed E-state index contributed by atoms with van der Waals surface area (Å²) >= 11 is 18.0. The van der Waals surface area contributed by atoms with E-state index in [4.69, 9.17) is 34.8 Å². The fraction of sp³-hybridized carbons (Fsp3) is 0. The van der Waals surface area contributed by atoms with Gasteiger partial charge < -0.3 is 5.32 Å². The highest BCUT2D eigenvalue weighted by atomic mass is 35.5. The van der Waals surface area contributed by atoms with Crippen LogP contribution in [0.15, 0.2) is 29.3 Å². The van der Waals surface area contributed by atoms with Crippen LogP contribution in [0.2, 0.25) is 10.0 Å². The van der Waals surface area contributed by atoms with Crippen molar-refractivity contribution >= 4 is 62.2 Å². The van der Waals surface area contributed by atoms with E-state index >= 15 is 0 Å². The van der Waals surface area contributed by atoms with Gasteiger partial charge >= 0.3 is 0 Å². The van der Waals surface area contributed by atoms with E-state index in [9.17, 15) is 0 Å². The molecule has 0 fully saturated rings. The van der Waals surface area contributed by atoms with Crippen molar-refractivity contribution < 1.29 is 0 Å². The predicted molar refractivity (Wildman–Crippen MR) is 70.5 cm³/mol. The van der Waals surface area contributed by atoms with Gasteiger partial charge in [-0.3, -0.25) is 0 Å². The van der Waals surface area contributed by atoms with Crippen molar-refractivity contribution in [2.24, 2.45) is 4.99 Å². The van der Waals surface area contributed by atoms with E-state index in [2.05, 4.69) is 10.3 Å². The number of hydrogen-bond acceptors (Lipinski definition) is 2. The Morgan fingerprint density at radius 3 is 2.75 bits per heavy atom. The molecule has 2 aromatic rings. The number of amidine groups is 1. The molecule has 3 rings (SSSR count). The molecule has 5 heteroatoms. The first kappa shape index (κ1) is 10.2. The number of rotatable bonds is 0. The summed E-state index contributed by atoms with van der Waals surface area (Å²) in [4.78, 5) is 4.18. The molecule has 0 radical (unpaired) electrons. The fourth-order valence-corrected chi connectivity index (χ4v) is 2.41. The monoisotopic (exact) mass is 270 g/mol. The first-order valence-corrected chi connectivity index (χ1v) is 5.72. The highest BCUT2D eigenvalue weighted by Gasteiger charge is 2.17. The van der Waals surface area contributed by atoms with E-state index in [1.165, 1.54) is 0 Å². The Labute approximate surface area is 107 Å². The average molecular weight is 272 g/mol. The van der Waals surface area contributed by atoms with Crippen LogP contribution in [-0.2, 0) is 0 Å². The van der Waals surface area contributed by atoms with Crippen molar-refractivity contribution in [2.75, 3.05) is 5.32 Å². The lowest BCUT2D eigenvalue weighted by atomic mass is 10.1. The van der Waals surface area contributed by atoms with Gasteiger partial charge in [-0.25, -0.2) is 4.99 Å². The largest absolute Gasteiger partial charge is 0.330 e. The minimum Gasteiger partial charge on any atom is -0.330 e. The standard InChI is InChI=1S/C11H5Cl3N2/c12-6-4-5-2-1-3-7-8(5)10(9(6)13)16-11(14)15-7/h1-4H,(H,15,16). The molecule has 0 amide bonds. The zero-order chi connectivity index (χ0) is 11.3. The van der Waals surface area contributed by atoms with Gasteiger partial charge in [0.2, 0.25) is 5.29 Å². The molecule has 0 bridgehead atoms. The van der Waals surface area contributed by atoms with E-state index in [-0.39, 0.29) is 0 Å². The number of aliphatic imine (C=N–C) groups is 1. The summed E-state index contributed by atoms with van der Waals surface area (Å²) in [7, 11) is 0. The fourth-order valence-electron chi connectivity index (χ4n) is 1.82. The average Bonchev–Trinajstić information content (AvgIpc) is 2.25. The molecule has 2 aromatic carbocycles. The molecule has 0 spiro atoms. The maximum Gasteiger partial charge on any atom is 0.201 e. The molecular formula is C11H5Cl3N2. The molecule has 2 nitrogen and oxygen atoms in total. The minimum absolute atomic E-state index is 0.296. The summed E-state index contributed by atoms with van der Waals surface area (Å²) in [5, 5.41) is 6.13. The van der Waals surface area contributed by atoms with Crippen LogP contribution >= 0.6 is 34.8 Å². The van der Waals surface area contributed by atoms with Crippen LogP contribution in [0.25, 0.3) is 10.8 Å². The Hall–Kier alpha value is -0.960. The number of hydrogen-bond donors (Lipinski definition) is 1. The summed E-state index contributed by atoms with van der Waals surface area (Å²) in [6.07, 6.45) is 0. The first-order chi connectivity index (χ1) is 7.66. The van der Waals surface area contributed by atoms with Gasteiger partial charge in [0.25, 0.3) is 0 Å². The van der Waals surface area contributed by atoms with Crippen LogP contribution in [0.1, 0.15) is 0 Å². The van der Waals surface area contributed by atoms with Gasteiger partial charge in [0.05, 0.1) is 21.4 Å². The zero-order valence-electron chi connectivity index (χ0n) is 7.89. The maximum absolute atomic E-state index is 6.12. The molecular weight excluding hydrogens is 266 g/mol. The smallest absolute Gasteiger partial charge is 0.201 e. The highest BCUT2D eigenvalue weighted by molar-refractivity contribution is 6.68. The maximum atomic E-state index is 6.12. The molecule has 1 heterocycles. The number of nitrogens with zero attached hydrogens (tertiary/aromatic N) is 1. The van der Waals surface area contributed by atoms with Gasteiger partial charge in [-0.1, -0.05) is 35.3 Å². The van der Waals surface area contributed by atoms with Crippen molar-refractivity contribution in [1.29, 1.82) is 0 Å². The van der Waals surface area contributed by atoms with Crippen LogP contribution in [0.5, 0.6) is 0 Å². The SMILES string of the molecule is ClC1=Nc2c(Cl)c(Cl)cc3cccc(c23)N1. The topological polar surface area (TPSA) is 24.4 Å². The lowest BCUT2D eigenvalue weighted by Crippen LogP contribution is -2.07. The molecule has 1 aliphatic heterocycles. The summed E-state index contributed by atoms with van der Waals surface area (Å²) in [6.45, 7) is 0. The van der Waals surface area contributed by atoms with Gasteiger partial charge in [-0.05, 0) is 29.1 Å². The second-order valence-electron chi connectivity index (χ2n) is 3.45. The summed E-state index contributed by atoms with van der Waals surface area (Å²) in [6, 6.07) is 7.63. The Bertz CT molecular complexity index is 635. The molecule has 0 aromatic heterocycles. The number of benzene rings is 2. The lowest BCUT2D eigenvalue weighted by molar-refractivity contribution is 1.51. The van der Waals surface area contributed by atoms with E-state index in [1.54, 1.807) is 0 Å². The molecule has 0 aliphatic carbocycles. The second kappa shape index (κ2) is 3.52. The Kier molecular flexibility index (Phi) is 2.25. The molecule has 0 atom stereocenters. The molecule has 0 saturated heterocycles. The van der Waals surface area contributed by atoms with Crippen LogP contribution in [-0.4, -0.2) is 5.29 Å². The Morgan fingerprint density at radius 2 is 1.94 bits per heavy atom. The third-order valence-electron chi connectivity index (χ3n) is 2.48. The Morgan fingerprint density at radius 1 is 1.12 bits per heavy atom. The molecule has 0 unspecified atom stereocenters. The normalized spacial score (nSPS) is 13.6. The third kappa shape index (κ3) is 1.38. The first-order valence-electron chi connectivity index (χ1n) is 4.59. The summed E-state index contributed by atoms with van der Waals surface area (Å²) < 4.78 is 0. The van der Waals surface area contributed by atoms with Gasteiger partial charge in [-0.2, -0.15) is 0 Å². The van der Waals surface area contributed by atoms with Gasteiger partial charge in [-0.15, -0.1) is 0 Å². The zero-order valence-corrected chi connectivity index (χ0v) is 10.2. The van der Waals surface area contributed by atoms with Gasteiger partial charge in [0.1, 0.15) is 0 Å². The van der Waals surface area contributed by atoms with Crippen molar-refractivity contribution in [1.82, 2.24) is 0 Å². The Balaban J connectivity index is 2.54. The van der Waals surface area contributed by atoms with Crippen LogP contribution in [0.4, 0.5) is 11.4 Å². The van der Waals surface area contributed by atoms with E-state index in [0.29, 0.717) is 21.0 Å². The molecule has 1 aliphatic rings. The highest BCUT2D eigenvalue weighted by Crippen LogP contribution is 2.44. The second-order valence-corrected chi connectivity index (χ2v) is 4.60. The van der Waals surface area contributed by atoms with Crippen molar-refractivity contribution in [3.63, 3.8) is 0 Å². The van der Waals surface area contributed by atoms with E-state index in [1.807, 2.05) is 24.3 Å². The van der Waals surface area contributed by atoms with Crippen molar-refractivity contribution in [3.05, 3.63) is 34.3 Å². The lowest BCUT2D eigenvalue weighted by Gasteiger charge is -2.17. The van der Waals surface area contributed by atoms with Crippen molar-refractivity contribution in [2.45, 2.75) is 0 Å².